The summed E-state index contributed by atoms with van der Waals surface area (Å²) in [5.74, 6) is 0. The largest absolute Gasteiger partial charge is 0.312 e. The van der Waals surface area contributed by atoms with Crippen LogP contribution in [-0.4, -0.2) is 31.1 Å². The number of nitrogens with one attached hydrogen (secondary N) is 1. The van der Waals surface area contributed by atoms with Gasteiger partial charge in [0.25, 0.3) is 0 Å². The molecule has 0 aliphatic carbocycles. The van der Waals surface area contributed by atoms with Gasteiger partial charge in [0.05, 0.1) is 5.02 Å². The summed E-state index contributed by atoms with van der Waals surface area (Å²) in [7, 11) is 0. The smallest absolute Gasteiger partial charge is 0.0587 e. The van der Waals surface area contributed by atoms with Crippen LogP contribution in [0.5, 0.6) is 0 Å². The zero-order valence-electron chi connectivity index (χ0n) is 11.2. The Morgan fingerprint density at radius 2 is 2.11 bits per heavy atom. The summed E-state index contributed by atoms with van der Waals surface area (Å²) < 4.78 is 0. The van der Waals surface area contributed by atoms with Crippen molar-refractivity contribution in [2.45, 2.75) is 39.2 Å². The first-order valence-electron chi connectivity index (χ1n) is 6.93. The van der Waals surface area contributed by atoms with Crippen molar-refractivity contribution in [1.29, 1.82) is 0 Å². The minimum absolute atomic E-state index is 0.914. The van der Waals surface area contributed by atoms with Crippen LogP contribution in [0.25, 0.3) is 0 Å². The molecule has 1 saturated heterocycles. The highest BCUT2D eigenvalue weighted by Gasteiger charge is 2.09. The van der Waals surface area contributed by atoms with E-state index in [4.69, 9.17) is 11.6 Å². The molecule has 1 aromatic heterocycles. The topological polar surface area (TPSA) is 15.3 Å². The molecule has 102 valence electrons. The SMILES string of the molecule is Cc1csc(CNCCCN2CCCCC2)c1Cl. The summed E-state index contributed by atoms with van der Waals surface area (Å²) in [6.07, 6.45) is 5.43. The number of aryl methyl sites for hydroxylation is 1. The standard InChI is InChI=1S/C14H23ClN2S/c1-12-11-18-13(14(12)15)10-16-6-5-9-17-7-3-2-4-8-17/h11,16H,2-10H2,1H3. The Kier molecular flexibility index (Phi) is 5.96. The number of rotatable bonds is 6. The number of thiophene rings is 1. The van der Waals surface area contributed by atoms with Gasteiger partial charge in [-0.25, -0.2) is 0 Å². The van der Waals surface area contributed by atoms with Gasteiger partial charge in [-0.05, 0) is 63.3 Å². The van der Waals surface area contributed by atoms with Gasteiger partial charge in [-0.2, -0.15) is 0 Å². The Balaban J connectivity index is 1.57. The Labute approximate surface area is 119 Å². The molecule has 0 radical (unpaired) electrons. The lowest BCUT2D eigenvalue weighted by molar-refractivity contribution is 0.226. The summed E-state index contributed by atoms with van der Waals surface area (Å²) >= 11 is 7.96. The van der Waals surface area contributed by atoms with Crippen molar-refractivity contribution < 1.29 is 0 Å². The van der Waals surface area contributed by atoms with E-state index in [1.807, 2.05) is 0 Å². The van der Waals surface area contributed by atoms with Crippen molar-refractivity contribution in [3.8, 4) is 0 Å². The normalized spacial score (nSPS) is 17.2. The highest BCUT2D eigenvalue weighted by molar-refractivity contribution is 7.10. The molecule has 0 aromatic carbocycles. The lowest BCUT2D eigenvalue weighted by Crippen LogP contribution is -2.32. The molecule has 0 spiro atoms. The average Bonchev–Trinajstić information content (AvgIpc) is 2.71. The van der Waals surface area contributed by atoms with E-state index >= 15 is 0 Å². The first-order valence-corrected chi connectivity index (χ1v) is 8.18. The van der Waals surface area contributed by atoms with Crippen LogP contribution in [0.2, 0.25) is 5.02 Å². The molecule has 0 atom stereocenters. The van der Waals surface area contributed by atoms with Crippen LogP contribution in [0.4, 0.5) is 0 Å². The Morgan fingerprint density at radius 1 is 1.33 bits per heavy atom. The van der Waals surface area contributed by atoms with Gasteiger partial charge in [0.15, 0.2) is 0 Å². The first kappa shape index (κ1) is 14.3. The van der Waals surface area contributed by atoms with Crippen molar-refractivity contribution in [3.63, 3.8) is 0 Å². The zero-order valence-corrected chi connectivity index (χ0v) is 12.7. The van der Waals surface area contributed by atoms with Crippen LogP contribution in [0.15, 0.2) is 5.38 Å². The highest BCUT2D eigenvalue weighted by Crippen LogP contribution is 2.26. The molecule has 18 heavy (non-hydrogen) atoms. The number of piperidine rings is 1. The predicted octanol–water partition coefficient (Wildman–Crippen LogP) is 3.68. The van der Waals surface area contributed by atoms with E-state index in [-0.39, 0.29) is 0 Å². The third-order valence-electron chi connectivity index (χ3n) is 3.53. The molecule has 0 amide bonds. The van der Waals surface area contributed by atoms with Gasteiger partial charge < -0.3 is 10.2 Å². The lowest BCUT2D eigenvalue weighted by atomic mass is 10.1. The molecule has 2 heterocycles. The Hall–Kier alpha value is -0.0900. The quantitative estimate of drug-likeness (QED) is 0.803. The van der Waals surface area contributed by atoms with Gasteiger partial charge in [0.1, 0.15) is 0 Å². The van der Waals surface area contributed by atoms with E-state index in [0.29, 0.717) is 0 Å². The Bertz CT molecular complexity index is 359. The lowest BCUT2D eigenvalue weighted by Gasteiger charge is -2.26. The summed E-state index contributed by atoms with van der Waals surface area (Å²) in [6.45, 7) is 7.91. The zero-order chi connectivity index (χ0) is 12.8. The number of likely N-dealkylation sites (tertiary alicyclic amines) is 1. The van der Waals surface area contributed by atoms with Crippen LogP contribution in [0.3, 0.4) is 0 Å². The molecule has 2 rings (SSSR count). The minimum atomic E-state index is 0.914. The fourth-order valence-electron chi connectivity index (χ4n) is 2.41. The van der Waals surface area contributed by atoms with E-state index in [2.05, 4.69) is 22.5 Å². The molecule has 1 aliphatic rings. The average molecular weight is 287 g/mol. The monoisotopic (exact) mass is 286 g/mol. The second-order valence-electron chi connectivity index (χ2n) is 5.09. The van der Waals surface area contributed by atoms with E-state index in [0.717, 1.165) is 18.1 Å². The van der Waals surface area contributed by atoms with Gasteiger partial charge in [0, 0.05) is 11.4 Å². The van der Waals surface area contributed by atoms with Crippen molar-refractivity contribution in [2.24, 2.45) is 0 Å². The maximum atomic E-state index is 6.21. The van der Waals surface area contributed by atoms with Gasteiger partial charge >= 0.3 is 0 Å². The third-order valence-corrected chi connectivity index (χ3v) is 5.27. The van der Waals surface area contributed by atoms with Crippen molar-refractivity contribution in [3.05, 3.63) is 20.8 Å². The summed E-state index contributed by atoms with van der Waals surface area (Å²) in [4.78, 5) is 3.86. The molecular weight excluding hydrogens is 264 g/mol. The van der Waals surface area contributed by atoms with Crippen LogP contribution >= 0.6 is 22.9 Å². The van der Waals surface area contributed by atoms with Gasteiger partial charge in [-0.1, -0.05) is 18.0 Å². The maximum absolute atomic E-state index is 6.21. The molecule has 0 saturated carbocycles. The van der Waals surface area contributed by atoms with E-state index in [1.165, 1.54) is 55.8 Å². The van der Waals surface area contributed by atoms with Crippen molar-refractivity contribution in [1.82, 2.24) is 10.2 Å². The number of hydrogen-bond acceptors (Lipinski definition) is 3. The molecule has 0 unspecified atom stereocenters. The van der Waals surface area contributed by atoms with E-state index < -0.39 is 0 Å². The molecular formula is C14H23ClN2S. The molecule has 1 N–H and O–H groups in total. The fraction of sp³-hybridized carbons (Fsp3) is 0.714. The summed E-state index contributed by atoms with van der Waals surface area (Å²) in [6, 6.07) is 0. The van der Waals surface area contributed by atoms with Gasteiger partial charge in [-0.3, -0.25) is 0 Å². The van der Waals surface area contributed by atoms with Gasteiger partial charge in [0.2, 0.25) is 0 Å². The molecule has 1 aromatic rings. The molecule has 1 fully saturated rings. The molecule has 0 bridgehead atoms. The first-order chi connectivity index (χ1) is 8.77. The Morgan fingerprint density at radius 3 is 2.78 bits per heavy atom. The van der Waals surface area contributed by atoms with Crippen LogP contribution in [0, 0.1) is 6.92 Å². The second-order valence-corrected chi connectivity index (χ2v) is 6.43. The maximum Gasteiger partial charge on any atom is 0.0587 e. The fourth-order valence-corrected chi connectivity index (χ4v) is 3.62. The van der Waals surface area contributed by atoms with Crippen LogP contribution < -0.4 is 5.32 Å². The predicted molar refractivity (Wildman–Crippen MR) is 80.7 cm³/mol. The van der Waals surface area contributed by atoms with E-state index in [9.17, 15) is 0 Å². The van der Waals surface area contributed by atoms with Gasteiger partial charge in [-0.15, -0.1) is 11.3 Å². The molecule has 2 nitrogen and oxygen atoms in total. The van der Waals surface area contributed by atoms with Crippen LogP contribution in [-0.2, 0) is 6.54 Å². The van der Waals surface area contributed by atoms with Crippen molar-refractivity contribution >= 4 is 22.9 Å². The van der Waals surface area contributed by atoms with Crippen molar-refractivity contribution in [2.75, 3.05) is 26.2 Å². The summed E-state index contributed by atoms with van der Waals surface area (Å²) in [5, 5.41) is 6.57. The molecule has 4 heteroatoms. The highest BCUT2D eigenvalue weighted by atomic mass is 35.5. The molecule has 1 aliphatic heterocycles. The van der Waals surface area contributed by atoms with E-state index in [1.54, 1.807) is 11.3 Å². The third kappa shape index (κ3) is 4.23. The second kappa shape index (κ2) is 7.49. The minimum Gasteiger partial charge on any atom is -0.312 e. The number of hydrogen-bond donors (Lipinski definition) is 1. The van der Waals surface area contributed by atoms with Crippen LogP contribution in [0.1, 0.15) is 36.1 Å². The summed E-state index contributed by atoms with van der Waals surface area (Å²) in [5.41, 5.74) is 1.20. The number of nitrogens with zero attached hydrogens (tertiary/aromatic N) is 1. The number of halogens is 1.